The molecule has 3 aromatic rings. The van der Waals surface area contributed by atoms with Crippen molar-refractivity contribution < 1.29 is 27.8 Å². The fourth-order valence-electron chi connectivity index (χ4n) is 4.71. The summed E-state index contributed by atoms with van der Waals surface area (Å²) in [5.41, 5.74) is 5.17. The Hall–Kier alpha value is -3.36. The highest BCUT2D eigenvalue weighted by Gasteiger charge is 2.29. The molecule has 170 valence electrons. The van der Waals surface area contributed by atoms with Gasteiger partial charge >= 0.3 is 5.97 Å². The van der Waals surface area contributed by atoms with Gasteiger partial charge in [0.05, 0.1) is 17.9 Å². The van der Waals surface area contributed by atoms with Crippen LogP contribution in [0.15, 0.2) is 65.6 Å². The van der Waals surface area contributed by atoms with Crippen LogP contribution in [0.1, 0.15) is 41.6 Å². The Kier molecular flexibility index (Phi) is 5.34. The van der Waals surface area contributed by atoms with E-state index in [4.69, 9.17) is 19.7 Å². The van der Waals surface area contributed by atoms with Crippen LogP contribution in [0.25, 0.3) is 11.1 Å². The first-order valence-electron chi connectivity index (χ1n) is 10.7. The van der Waals surface area contributed by atoms with Crippen LogP contribution in [0.2, 0.25) is 0 Å². The minimum atomic E-state index is -3.73. The molecule has 0 saturated heterocycles. The molecule has 2 atom stereocenters. The van der Waals surface area contributed by atoms with Gasteiger partial charge in [-0.3, -0.25) is 4.79 Å². The van der Waals surface area contributed by atoms with Crippen molar-refractivity contribution in [1.82, 2.24) is 0 Å². The summed E-state index contributed by atoms with van der Waals surface area (Å²) in [5.74, 6) is 0.391. The number of rotatable bonds is 6. The summed E-state index contributed by atoms with van der Waals surface area (Å²) in [7, 11) is -3.73. The molecule has 7 nitrogen and oxygen atoms in total. The Morgan fingerprint density at radius 3 is 2.61 bits per heavy atom. The predicted octanol–water partition coefficient (Wildman–Crippen LogP) is 4.02. The van der Waals surface area contributed by atoms with Crippen LogP contribution >= 0.6 is 0 Å². The van der Waals surface area contributed by atoms with Crippen molar-refractivity contribution in [3.8, 4) is 22.6 Å². The van der Waals surface area contributed by atoms with Crippen LogP contribution < -0.4 is 14.6 Å². The number of benzene rings is 3. The molecule has 1 heterocycles. The molecule has 3 N–H and O–H groups in total. The Bertz CT molecular complexity index is 1330. The standard InChI is InChI=1S/C25H23NO6S/c26-33(29,30)18-7-4-15(5-8-18)19-2-1-3-22-21(19)10-11-23(22)32-17-6-9-20-16(12-25(27)28)14-31-24(20)13-17/h1-9,13,16,23H,10-12,14H2,(H,27,28)(H2,26,29,30)/t16-,23-/m1/s1. The SMILES string of the molecule is NS(=O)(=O)c1ccc(-c2cccc3c2CC[C@H]3Oc2ccc3c(c2)OC[C@H]3CC(=O)O)cc1. The second-order valence-corrected chi connectivity index (χ2v) is 9.95. The van der Waals surface area contributed by atoms with E-state index in [1.54, 1.807) is 12.1 Å². The van der Waals surface area contributed by atoms with Gasteiger partial charge in [0.25, 0.3) is 0 Å². The fourth-order valence-corrected chi connectivity index (χ4v) is 5.22. The number of hydrogen-bond acceptors (Lipinski definition) is 5. The molecule has 33 heavy (non-hydrogen) atoms. The lowest BCUT2D eigenvalue weighted by atomic mass is 9.97. The third kappa shape index (κ3) is 4.19. The number of ether oxygens (including phenoxy) is 2. The number of nitrogens with two attached hydrogens (primary N) is 1. The number of primary sulfonamides is 1. The minimum absolute atomic E-state index is 0.0458. The van der Waals surface area contributed by atoms with Crippen molar-refractivity contribution in [1.29, 1.82) is 0 Å². The third-order valence-electron chi connectivity index (χ3n) is 6.27. The smallest absolute Gasteiger partial charge is 0.304 e. The van der Waals surface area contributed by atoms with Gasteiger partial charge in [0.2, 0.25) is 10.0 Å². The van der Waals surface area contributed by atoms with E-state index in [2.05, 4.69) is 6.07 Å². The molecule has 0 amide bonds. The van der Waals surface area contributed by atoms with Crippen LogP contribution in [-0.4, -0.2) is 26.1 Å². The summed E-state index contributed by atoms with van der Waals surface area (Å²) < 4.78 is 35.1. The maximum absolute atomic E-state index is 11.5. The summed E-state index contributed by atoms with van der Waals surface area (Å²) in [6.45, 7) is 0.366. The molecule has 2 aliphatic rings. The highest BCUT2D eigenvalue weighted by molar-refractivity contribution is 7.89. The monoisotopic (exact) mass is 465 g/mol. The highest BCUT2D eigenvalue weighted by atomic mass is 32.2. The normalized spacial score (nSPS) is 18.9. The van der Waals surface area contributed by atoms with E-state index in [-0.39, 0.29) is 23.3 Å². The fraction of sp³-hybridized carbons (Fsp3) is 0.240. The second kappa shape index (κ2) is 8.20. The molecular formula is C25H23NO6S. The average molecular weight is 466 g/mol. The lowest BCUT2D eigenvalue weighted by molar-refractivity contribution is -0.137. The quantitative estimate of drug-likeness (QED) is 0.568. The number of carboxylic acid groups (broad SMARTS) is 1. The van der Waals surface area contributed by atoms with E-state index >= 15 is 0 Å². The van der Waals surface area contributed by atoms with Gasteiger partial charge in [-0.05, 0) is 53.3 Å². The molecule has 0 spiro atoms. The van der Waals surface area contributed by atoms with E-state index in [9.17, 15) is 13.2 Å². The molecule has 0 fully saturated rings. The molecule has 0 saturated carbocycles. The van der Waals surface area contributed by atoms with Crippen molar-refractivity contribution >= 4 is 16.0 Å². The summed E-state index contributed by atoms with van der Waals surface area (Å²) >= 11 is 0. The van der Waals surface area contributed by atoms with E-state index in [0.717, 1.165) is 35.1 Å². The van der Waals surface area contributed by atoms with Crippen molar-refractivity contribution in [2.75, 3.05) is 6.61 Å². The van der Waals surface area contributed by atoms with Gasteiger partial charge in [0, 0.05) is 17.5 Å². The van der Waals surface area contributed by atoms with Gasteiger partial charge in [-0.15, -0.1) is 0 Å². The minimum Gasteiger partial charge on any atom is -0.492 e. The van der Waals surface area contributed by atoms with Gasteiger partial charge in [0.1, 0.15) is 17.6 Å². The summed E-state index contributed by atoms with van der Waals surface area (Å²) in [5, 5.41) is 14.3. The van der Waals surface area contributed by atoms with Gasteiger partial charge in [-0.25, -0.2) is 13.6 Å². The first-order chi connectivity index (χ1) is 15.8. The largest absolute Gasteiger partial charge is 0.492 e. The maximum atomic E-state index is 11.5. The van der Waals surface area contributed by atoms with Crippen molar-refractivity contribution in [3.05, 3.63) is 77.4 Å². The molecule has 1 aliphatic carbocycles. The lowest BCUT2D eigenvalue weighted by Gasteiger charge is -2.16. The molecule has 0 aromatic heterocycles. The zero-order valence-electron chi connectivity index (χ0n) is 17.7. The van der Waals surface area contributed by atoms with E-state index in [1.807, 2.05) is 30.3 Å². The first kappa shape index (κ1) is 21.5. The third-order valence-corrected chi connectivity index (χ3v) is 7.20. The van der Waals surface area contributed by atoms with Crippen LogP contribution in [-0.2, 0) is 21.2 Å². The van der Waals surface area contributed by atoms with Crippen LogP contribution in [0, 0.1) is 0 Å². The molecule has 8 heteroatoms. The van der Waals surface area contributed by atoms with E-state index < -0.39 is 16.0 Å². The number of hydrogen-bond donors (Lipinski definition) is 2. The number of carbonyl (C=O) groups is 1. The molecule has 1 aliphatic heterocycles. The summed E-state index contributed by atoms with van der Waals surface area (Å²) in [6, 6.07) is 18.3. The van der Waals surface area contributed by atoms with Crippen LogP contribution in [0.4, 0.5) is 0 Å². The van der Waals surface area contributed by atoms with Crippen molar-refractivity contribution in [3.63, 3.8) is 0 Å². The zero-order valence-corrected chi connectivity index (χ0v) is 18.5. The molecule has 0 radical (unpaired) electrons. The van der Waals surface area contributed by atoms with Gasteiger partial charge in [-0.1, -0.05) is 36.4 Å². The topological polar surface area (TPSA) is 116 Å². The van der Waals surface area contributed by atoms with Crippen molar-refractivity contribution in [2.24, 2.45) is 5.14 Å². The number of sulfonamides is 1. The number of aliphatic carboxylic acids is 1. The molecule has 0 unspecified atom stereocenters. The number of carboxylic acids is 1. The maximum Gasteiger partial charge on any atom is 0.304 e. The Morgan fingerprint density at radius 2 is 1.88 bits per heavy atom. The van der Waals surface area contributed by atoms with Gasteiger partial charge in [-0.2, -0.15) is 0 Å². The Labute approximate surface area is 191 Å². The zero-order chi connectivity index (χ0) is 23.2. The van der Waals surface area contributed by atoms with E-state index in [0.29, 0.717) is 18.1 Å². The summed E-state index contributed by atoms with van der Waals surface area (Å²) in [4.78, 5) is 11.1. The predicted molar refractivity (Wildman–Crippen MR) is 122 cm³/mol. The Balaban J connectivity index is 1.38. The van der Waals surface area contributed by atoms with Gasteiger partial charge < -0.3 is 14.6 Å². The molecule has 0 bridgehead atoms. The van der Waals surface area contributed by atoms with Crippen molar-refractivity contribution in [2.45, 2.75) is 36.2 Å². The molecule has 5 rings (SSSR count). The van der Waals surface area contributed by atoms with E-state index in [1.165, 1.54) is 17.7 Å². The highest BCUT2D eigenvalue weighted by Crippen LogP contribution is 2.43. The first-order valence-corrected chi connectivity index (χ1v) is 12.2. The Morgan fingerprint density at radius 1 is 1.09 bits per heavy atom. The van der Waals surface area contributed by atoms with Crippen LogP contribution in [0.5, 0.6) is 11.5 Å². The summed E-state index contributed by atoms with van der Waals surface area (Å²) in [6.07, 6.45) is 1.60. The molecular weight excluding hydrogens is 442 g/mol. The lowest BCUT2D eigenvalue weighted by Crippen LogP contribution is -2.11. The molecule has 3 aromatic carbocycles. The number of fused-ring (bicyclic) bond motifs is 2. The van der Waals surface area contributed by atoms with Crippen LogP contribution in [0.3, 0.4) is 0 Å². The average Bonchev–Trinajstić information content (AvgIpc) is 3.37. The second-order valence-electron chi connectivity index (χ2n) is 8.39. The van der Waals surface area contributed by atoms with Gasteiger partial charge in [0.15, 0.2) is 0 Å².